The summed E-state index contributed by atoms with van der Waals surface area (Å²) >= 11 is 0.823. The molecule has 0 radical (unpaired) electrons. The molecule has 0 aromatic heterocycles. The van der Waals surface area contributed by atoms with Gasteiger partial charge >= 0.3 is 0 Å². The van der Waals surface area contributed by atoms with Crippen LogP contribution in [0.3, 0.4) is 0 Å². The summed E-state index contributed by atoms with van der Waals surface area (Å²) < 4.78 is 5.84. The van der Waals surface area contributed by atoms with Crippen LogP contribution in [0.4, 0.5) is 10.5 Å². The molecule has 7 heteroatoms. The smallest absolute Gasteiger partial charge is 0.294 e. The van der Waals surface area contributed by atoms with Gasteiger partial charge in [0, 0.05) is 5.69 Å². The number of carbonyl (C=O) groups is 3. The molecule has 1 aliphatic rings. The molecular formula is C27H24N2O4S. The molecule has 1 heterocycles. The van der Waals surface area contributed by atoms with Gasteiger partial charge in [-0.2, -0.15) is 0 Å². The van der Waals surface area contributed by atoms with E-state index in [1.807, 2.05) is 80.6 Å². The van der Waals surface area contributed by atoms with Crippen molar-refractivity contribution in [2.75, 3.05) is 11.9 Å². The molecule has 1 saturated heterocycles. The quantitative estimate of drug-likeness (QED) is 0.456. The van der Waals surface area contributed by atoms with Gasteiger partial charge in [-0.3, -0.25) is 19.3 Å². The summed E-state index contributed by atoms with van der Waals surface area (Å²) in [4.78, 5) is 38.9. The molecule has 0 saturated carbocycles. The summed E-state index contributed by atoms with van der Waals surface area (Å²) in [5, 5.41) is 2.28. The lowest BCUT2D eigenvalue weighted by Gasteiger charge is -2.13. The first-order chi connectivity index (χ1) is 16.4. The maximum absolute atomic E-state index is 12.8. The fourth-order valence-electron chi connectivity index (χ4n) is 3.39. The molecule has 0 atom stereocenters. The van der Waals surface area contributed by atoms with E-state index in [1.165, 1.54) is 0 Å². The molecule has 4 rings (SSSR count). The molecule has 172 valence electrons. The fraction of sp³-hybridized carbons (Fsp3) is 0.148. The highest BCUT2D eigenvalue weighted by atomic mass is 32.2. The van der Waals surface area contributed by atoms with Gasteiger partial charge in [0.25, 0.3) is 11.1 Å². The summed E-state index contributed by atoms with van der Waals surface area (Å²) in [6, 6.07) is 22.7. The van der Waals surface area contributed by atoms with Gasteiger partial charge in [0.05, 0.1) is 4.91 Å². The molecule has 1 fully saturated rings. The van der Waals surface area contributed by atoms with E-state index < -0.39 is 17.1 Å². The summed E-state index contributed by atoms with van der Waals surface area (Å²) in [5.41, 5.74) is 4.57. The highest BCUT2D eigenvalue weighted by Crippen LogP contribution is 2.32. The normalized spacial score (nSPS) is 14.5. The number of benzene rings is 3. The number of rotatable bonds is 7. The number of nitrogens with one attached hydrogen (secondary N) is 1. The standard InChI is InChI=1S/C27H24N2O4S/c1-18-11-12-22(13-19(18)2)28-25(30)16-29-26(31)24(34-27(29)32)15-21-9-6-10-23(14-21)33-17-20-7-4-3-5-8-20/h3-15H,16-17H2,1-2H3,(H,28,30)/b24-15-. The summed E-state index contributed by atoms with van der Waals surface area (Å²) in [6.07, 6.45) is 1.64. The number of amides is 3. The molecule has 3 aromatic rings. The largest absolute Gasteiger partial charge is 0.489 e. The van der Waals surface area contributed by atoms with Crippen LogP contribution < -0.4 is 10.1 Å². The van der Waals surface area contributed by atoms with Crippen molar-refractivity contribution in [2.24, 2.45) is 0 Å². The zero-order chi connectivity index (χ0) is 24.1. The molecule has 34 heavy (non-hydrogen) atoms. The van der Waals surface area contributed by atoms with Crippen molar-refractivity contribution in [1.29, 1.82) is 0 Å². The van der Waals surface area contributed by atoms with E-state index in [1.54, 1.807) is 12.1 Å². The summed E-state index contributed by atoms with van der Waals surface area (Å²) in [6.45, 7) is 4.03. The molecule has 0 unspecified atom stereocenters. The first kappa shape index (κ1) is 23.3. The van der Waals surface area contributed by atoms with Crippen molar-refractivity contribution in [1.82, 2.24) is 4.90 Å². The molecule has 1 N–H and O–H groups in total. The molecule has 3 amide bonds. The van der Waals surface area contributed by atoms with Gasteiger partial charge in [-0.05, 0) is 78.2 Å². The third kappa shape index (κ3) is 5.74. The predicted octanol–water partition coefficient (Wildman–Crippen LogP) is 5.56. The van der Waals surface area contributed by atoms with E-state index in [0.717, 1.165) is 38.9 Å². The zero-order valence-corrected chi connectivity index (χ0v) is 19.7. The number of imide groups is 1. The van der Waals surface area contributed by atoms with Crippen molar-refractivity contribution in [3.8, 4) is 5.75 Å². The first-order valence-corrected chi connectivity index (χ1v) is 11.6. The average molecular weight is 473 g/mol. The van der Waals surface area contributed by atoms with Crippen molar-refractivity contribution in [3.05, 3.63) is 100.0 Å². The number of ether oxygens (including phenoxy) is 1. The van der Waals surface area contributed by atoms with Crippen LogP contribution in [-0.4, -0.2) is 28.5 Å². The van der Waals surface area contributed by atoms with E-state index in [9.17, 15) is 14.4 Å². The van der Waals surface area contributed by atoms with Gasteiger partial charge in [0.15, 0.2) is 0 Å². The lowest BCUT2D eigenvalue weighted by Crippen LogP contribution is -2.36. The summed E-state index contributed by atoms with van der Waals surface area (Å²) in [5.74, 6) is -0.256. The first-order valence-electron chi connectivity index (χ1n) is 10.8. The lowest BCUT2D eigenvalue weighted by molar-refractivity contribution is -0.127. The van der Waals surface area contributed by atoms with Crippen LogP contribution in [0.2, 0.25) is 0 Å². The van der Waals surface area contributed by atoms with Gasteiger partial charge in [-0.1, -0.05) is 48.5 Å². The Hall–Kier alpha value is -3.84. The second-order valence-electron chi connectivity index (χ2n) is 7.96. The van der Waals surface area contributed by atoms with Crippen LogP contribution in [-0.2, 0) is 16.2 Å². The Morgan fingerprint density at radius 2 is 1.76 bits per heavy atom. The number of aryl methyl sites for hydroxylation is 2. The number of nitrogens with zero attached hydrogens (tertiary/aromatic N) is 1. The zero-order valence-electron chi connectivity index (χ0n) is 18.9. The maximum Gasteiger partial charge on any atom is 0.294 e. The highest BCUT2D eigenvalue weighted by Gasteiger charge is 2.36. The lowest BCUT2D eigenvalue weighted by atomic mass is 10.1. The number of hydrogen-bond donors (Lipinski definition) is 1. The van der Waals surface area contributed by atoms with Crippen LogP contribution in [0.25, 0.3) is 6.08 Å². The minimum Gasteiger partial charge on any atom is -0.489 e. The molecule has 0 bridgehead atoms. The Morgan fingerprint density at radius 1 is 0.971 bits per heavy atom. The Labute approximate surface area is 202 Å². The van der Waals surface area contributed by atoms with Crippen LogP contribution in [0.1, 0.15) is 22.3 Å². The van der Waals surface area contributed by atoms with Crippen LogP contribution in [0, 0.1) is 13.8 Å². The molecular weight excluding hydrogens is 448 g/mol. The van der Waals surface area contributed by atoms with Gasteiger partial charge in [0.2, 0.25) is 5.91 Å². The minimum atomic E-state index is -0.485. The number of anilines is 1. The second-order valence-corrected chi connectivity index (χ2v) is 8.96. The SMILES string of the molecule is Cc1ccc(NC(=O)CN2C(=O)S/C(=C\c3cccc(OCc4ccccc4)c3)C2=O)cc1C. The van der Waals surface area contributed by atoms with E-state index >= 15 is 0 Å². The highest BCUT2D eigenvalue weighted by molar-refractivity contribution is 8.18. The van der Waals surface area contributed by atoms with Crippen molar-refractivity contribution in [3.63, 3.8) is 0 Å². The van der Waals surface area contributed by atoms with Gasteiger partial charge in [-0.25, -0.2) is 0 Å². The van der Waals surface area contributed by atoms with E-state index in [4.69, 9.17) is 4.74 Å². The maximum atomic E-state index is 12.8. The van der Waals surface area contributed by atoms with E-state index in [-0.39, 0.29) is 11.4 Å². The third-order valence-corrected chi connectivity index (χ3v) is 6.28. The number of hydrogen-bond acceptors (Lipinski definition) is 5. The third-order valence-electron chi connectivity index (χ3n) is 5.37. The average Bonchev–Trinajstić information content (AvgIpc) is 3.08. The molecule has 6 nitrogen and oxygen atoms in total. The Kier molecular flexibility index (Phi) is 7.13. The Balaban J connectivity index is 1.40. The van der Waals surface area contributed by atoms with Crippen molar-refractivity contribution < 1.29 is 19.1 Å². The molecule has 1 aliphatic heterocycles. The number of thioether (sulfide) groups is 1. The predicted molar refractivity (Wildman–Crippen MR) is 134 cm³/mol. The number of carbonyl (C=O) groups excluding carboxylic acids is 3. The molecule has 0 spiro atoms. The van der Waals surface area contributed by atoms with Gasteiger partial charge in [0.1, 0.15) is 18.9 Å². The van der Waals surface area contributed by atoms with Gasteiger partial charge < -0.3 is 10.1 Å². The van der Waals surface area contributed by atoms with E-state index in [0.29, 0.717) is 18.0 Å². The topological polar surface area (TPSA) is 75.7 Å². The Morgan fingerprint density at radius 3 is 2.53 bits per heavy atom. The fourth-order valence-corrected chi connectivity index (χ4v) is 4.22. The molecule has 3 aromatic carbocycles. The van der Waals surface area contributed by atoms with Crippen molar-refractivity contribution in [2.45, 2.75) is 20.5 Å². The Bertz CT molecular complexity index is 1270. The van der Waals surface area contributed by atoms with E-state index in [2.05, 4.69) is 5.32 Å². The second kappa shape index (κ2) is 10.4. The summed E-state index contributed by atoms with van der Waals surface area (Å²) in [7, 11) is 0. The van der Waals surface area contributed by atoms with Crippen LogP contribution in [0.5, 0.6) is 5.75 Å². The van der Waals surface area contributed by atoms with Crippen molar-refractivity contribution >= 4 is 40.6 Å². The van der Waals surface area contributed by atoms with Crippen LogP contribution >= 0.6 is 11.8 Å². The van der Waals surface area contributed by atoms with Gasteiger partial charge in [-0.15, -0.1) is 0 Å². The van der Waals surface area contributed by atoms with Crippen LogP contribution in [0.15, 0.2) is 77.7 Å². The monoisotopic (exact) mass is 472 g/mol. The minimum absolute atomic E-state index is 0.268. The molecule has 0 aliphatic carbocycles.